The maximum atomic E-state index is 12.6. The van der Waals surface area contributed by atoms with Gasteiger partial charge in [-0.2, -0.15) is 0 Å². The lowest BCUT2D eigenvalue weighted by molar-refractivity contribution is -0.129. The molecule has 0 spiro atoms. The van der Waals surface area contributed by atoms with Crippen molar-refractivity contribution in [3.05, 3.63) is 71.8 Å². The summed E-state index contributed by atoms with van der Waals surface area (Å²) < 4.78 is 0. The van der Waals surface area contributed by atoms with E-state index in [1.54, 1.807) is 6.92 Å². The predicted octanol–water partition coefficient (Wildman–Crippen LogP) is 3.66. The second-order valence-electron chi connectivity index (χ2n) is 5.71. The van der Waals surface area contributed by atoms with Crippen molar-refractivity contribution in [1.29, 1.82) is 0 Å². The fraction of sp³-hybridized carbons (Fsp3) is 0.263. The molecule has 0 N–H and O–H groups in total. The summed E-state index contributed by atoms with van der Waals surface area (Å²) in [7, 11) is 0. The van der Waals surface area contributed by atoms with Gasteiger partial charge in [0.05, 0.1) is 6.04 Å². The van der Waals surface area contributed by atoms with Gasteiger partial charge < -0.3 is 4.90 Å². The van der Waals surface area contributed by atoms with Gasteiger partial charge in [0.1, 0.15) is 0 Å². The topological polar surface area (TPSA) is 37.4 Å². The highest BCUT2D eigenvalue weighted by Gasteiger charge is 2.36. The molecule has 3 rings (SSSR count). The van der Waals surface area contributed by atoms with Crippen LogP contribution in [0.1, 0.15) is 30.5 Å². The Bertz CT molecular complexity index is 648. The molecule has 1 aliphatic rings. The van der Waals surface area contributed by atoms with Gasteiger partial charge in [-0.15, -0.1) is 0 Å². The first-order valence-electron chi connectivity index (χ1n) is 7.71. The van der Waals surface area contributed by atoms with Gasteiger partial charge in [-0.1, -0.05) is 72.4 Å². The average Bonchev–Trinajstić information content (AvgIpc) is 2.89. The van der Waals surface area contributed by atoms with Crippen molar-refractivity contribution in [3.63, 3.8) is 0 Å². The largest absolute Gasteiger partial charge is 0.330 e. The number of rotatable bonds is 4. The molecular weight excluding hydrogens is 306 g/mol. The molecule has 4 heteroatoms. The zero-order valence-electron chi connectivity index (χ0n) is 13.0. The van der Waals surface area contributed by atoms with Gasteiger partial charge in [-0.25, -0.2) is 0 Å². The Balaban J connectivity index is 1.93. The molecule has 1 amide bonds. The Morgan fingerprint density at radius 1 is 1.04 bits per heavy atom. The number of amides is 1. The first kappa shape index (κ1) is 15.8. The van der Waals surface area contributed by atoms with Crippen molar-refractivity contribution < 1.29 is 9.59 Å². The highest BCUT2D eigenvalue weighted by molar-refractivity contribution is 8.14. The zero-order valence-corrected chi connectivity index (χ0v) is 13.8. The highest BCUT2D eigenvalue weighted by Crippen LogP contribution is 2.35. The standard InChI is InChI=1S/C19H19NO2S/c1-14(21)23-17-12-18(22)20(13-17)19(15-8-4-2-5-9-15)16-10-6-3-7-11-16/h2-11,17,19H,12-13H2,1H3. The third kappa shape index (κ3) is 3.64. The SMILES string of the molecule is CC(=O)SC1CC(=O)N(C(c2ccccc2)c2ccccc2)C1. The molecule has 1 heterocycles. The summed E-state index contributed by atoms with van der Waals surface area (Å²) in [6.45, 7) is 2.17. The molecule has 2 aromatic carbocycles. The van der Waals surface area contributed by atoms with E-state index in [2.05, 4.69) is 24.3 Å². The van der Waals surface area contributed by atoms with Crippen LogP contribution in [0.4, 0.5) is 0 Å². The Hall–Kier alpha value is -2.07. The van der Waals surface area contributed by atoms with Gasteiger partial charge in [0.25, 0.3) is 0 Å². The van der Waals surface area contributed by atoms with Crippen molar-refractivity contribution in [2.45, 2.75) is 24.6 Å². The van der Waals surface area contributed by atoms with E-state index in [-0.39, 0.29) is 22.3 Å². The van der Waals surface area contributed by atoms with E-state index in [1.165, 1.54) is 11.8 Å². The van der Waals surface area contributed by atoms with E-state index < -0.39 is 0 Å². The van der Waals surface area contributed by atoms with Gasteiger partial charge in [0.2, 0.25) is 5.91 Å². The minimum atomic E-state index is -0.0949. The molecule has 0 aliphatic carbocycles. The van der Waals surface area contributed by atoms with Gasteiger partial charge in [-0.3, -0.25) is 9.59 Å². The van der Waals surface area contributed by atoms with Crippen LogP contribution in [-0.2, 0) is 9.59 Å². The van der Waals surface area contributed by atoms with E-state index >= 15 is 0 Å². The summed E-state index contributed by atoms with van der Waals surface area (Å²) >= 11 is 1.28. The maximum absolute atomic E-state index is 12.6. The van der Waals surface area contributed by atoms with Crippen LogP contribution in [-0.4, -0.2) is 27.7 Å². The van der Waals surface area contributed by atoms with Crippen LogP contribution in [0, 0.1) is 0 Å². The summed E-state index contributed by atoms with van der Waals surface area (Å²) in [5.74, 6) is 0.112. The number of nitrogens with zero attached hydrogens (tertiary/aromatic N) is 1. The van der Waals surface area contributed by atoms with E-state index in [9.17, 15) is 9.59 Å². The molecule has 118 valence electrons. The normalized spacial score (nSPS) is 17.7. The number of carbonyl (C=O) groups excluding carboxylic acids is 2. The fourth-order valence-electron chi connectivity index (χ4n) is 3.08. The number of thioether (sulfide) groups is 1. The third-order valence-electron chi connectivity index (χ3n) is 4.00. The molecular formula is C19H19NO2S. The third-order valence-corrected chi connectivity index (χ3v) is 4.98. The van der Waals surface area contributed by atoms with Crippen molar-refractivity contribution in [2.75, 3.05) is 6.54 Å². The molecule has 2 aromatic rings. The van der Waals surface area contributed by atoms with Crippen molar-refractivity contribution in [2.24, 2.45) is 0 Å². The molecule has 1 atom stereocenters. The van der Waals surface area contributed by atoms with Gasteiger partial charge in [-0.05, 0) is 11.1 Å². The Labute approximate surface area is 140 Å². The highest BCUT2D eigenvalue weighted by atomic mass is 32.2. The zero-order chi connectivity index (χ0) is 16.2. The molecule has 1 fully saturated rings. The van der Waals surface area contributed by atoms with Crippen LogP contribution in [0.15, 0.2) is 60.7 Å². The van der Waals surface area contributed by atoms with Crippen LogP contribution in [0.25, 0.3) is 0 Å². The monoisotopic (exact) mass is 325 g/mol. The fourth-order valence-corrected chi connectivity index (χ4v) is 4.01. The summed E-state index contributed by atoms with van der Waals surface area (Å²) in [4.78, 5) is 25.8. The Morgan fingerprint density at radius 3 is 2.04 bits per heavy atom. The summed E-state index contributed by atoms with van der Waals surface area (Å²) in [6.07, 6.45) is 0.431. The summed E-state index contributed by atoms with van der Waals surface area (Å²) in [6, 6.07) is 20.0. The number of hydrogen-bond acceptors (Lipinski definition) is 3. The van der Waals surface area contributed by atoms with Crippen molar-refractivity contribution >= 4 is 22.8 Å². The quantitative estimate of drug-likeness (QED) is 0.861. The Morgan fingerprint density at radius 2 is 1.57 bits per heavy atom. The lowest BCUT2D eigenvalue weighted by Crippen LogP contribution is -2.31. The van der Waals surface area contributed by atoms with E-state index in [0.29, 0.717) is 13.0 Å². The van der Waals surface area contributed by atoms with E-state index in [4.69, 9.17) is 0 Å². The molecule has 1 unspecified atom stereocenters. The Kier molecular flexibility index (Phi) is 4.82. The van der Waals surface area contributed by atoms with Gasteiger partial charge >= 0.3 is 0 Å². The minimum Gasteiger partial charge on any atom is -0.330 e. The van der Waals surface area contributed by atoms with Crippen LogP contribution >= 0.6 is 11.8 Å². The number of hydrogen-bond donors (Lipinski definition) is 0. The lowest BCUT2D eigenvalue weighted by Gasteiger charge is -2.29. The molecule has 1 saturated heterocycles. The molecule has 0 radical (unpaired) electrons. The lowest BCUT2D eigenvalue weighted by atomic mass is 9.97. The maximum Gasteiger partial charge on any atom is 0.224 e. The van der Waals surface area contributed by atoms with E-state index in [1.807, 2.05) is 41.3 Å². The molecule has 0 saturated carbocycles. The number of carbonyl (C=O) groups is 2. The predicted molar refractivity (Wildman–Crippen MR) is 93.1 cm³/mol. The second kappa shape index (κ2) is 7.01. The smallest absolute Gasteiger partial charge is 0.224 e. The molecule has 3 nitrogen and oxygen atoms in total. The second-order valence-corrected chi connectivity index (χ2v) is 7.18. The number of benzene rings is 2. The average molecular weight is 325 g/mol. The van der Waals surface area contributed by atoms with Gasteiger partial charge in [0.15, 0.2) is 5.12 Å². The molecule has 0 aromatic heterocycles. The van der Waals surface area contributed by atoms with E-state index in [0.717, 1.165) is 11.1 Å². The first-order chi connectivity index (χ1) is 11.1. The molecule has 0 bridgehead atoms. The van der Waals surface area contributed by atoms with Crippen molar-refractivity contribution in [3.8, 4) is 0 Å². The summed E-state index contributed by atoms with van der Waals surface area (Å²) in [5.41, 5.74) is 2.20. The van der Waals surface area contributed by atoms with Gasteiger partial charge in [0, 0.05) is 25.1 Å². The van der Waals surface area contributed by atoms with Crippen LogP contribution in [0.5, 0.6) is 0 Å². The molecule has 23 heavy (non-hydrogen) atoms. The minimum absolute atomic E-state index is 0.0509. The van der Waals surface area contributed by atoms with Crippen molar-refractivity contribution in [1.82, 2.24) is 4.90 Å². The van der Waals surface area contributed by atoms with Crippen LogP contribution in [0.3, 0.4) is 0 Å². The molecule has 1 aliphatic heterocycles. The number of likely N-dealkylation sites (tertiary alicyclic amines) is 1. The first-order valence-corrected chi connectivity index (χ1v) is 8.59. The van der Waals surface area contributed by atoms with Crippen LogP contribution < -0.4 is 0 Å². The summed E-state index contributed by atoms with van der Waals surface area (Å²) in [5, 5.41) is 0.121. The van der Waals surface area contributed by atoms with Crippen LogP contribution in [0.2, 0.25) is 0 Å².